The first-order valence-electron chi connectivity index (χ1n) is 7.49. The lowest BCUT2D eigenvalue weighted by atomic mass is 10.0. The van der Waals surface area contributed by atoms with Crippen LogP contribution in [0.3, 0.4) is 0 Å². The lowest BCUT2D eigenvalue weighted by molar-refractivity contribution is 0.153. The number of hydrogen-bond donors (Lipinski definition) is 1. The molecule has 2 aromatic carbocycles. The number of rotatable bonds is 4. The van der Waals surface area contributed by atoms with Crippen LogP contribution in [0.15, 0.2) is 54.6 Å². The van der Waals surface area contributed by atoms with Crippen LogP contribution >= 0.6 is 0 Å². The Morgan fingerprint density at radius 3 is 2.57 bits per heavy atom. The van der Waals surface area contributed by atoms with Gasteiger partial charge in [-0.3, -0.25) is 4.90 Å². The van der Waals surface area contributed by atoms with Crippen LogP contribution in [0.5, 0.6) is 5.75 Å². The van der Waals surface area contributed by atoms with E-state index in [9.17, 15) is 0 Å². The predicted molar refractivity (Wildman–Crippen MR) is 85.5 cm³/mol. The molecule has 110 valence electrons. The Hall–Kier alpha value is -1.84. The van der Waals surface area contributed by atoms with Gasteiger partial charge in [0.1, 0.15) is 5.75 Å². The van der Waals surface area contributed by atoms with Gasteiger partial charge in [0.15, 0.2) is 0 Å². The molecule has 0 bridgehead atoms. The van der Waals surface area contributed by atoms with Gasteiger partial charge in [0, 0.05) is 32.2 Å². The summed E-state index contributed by atoms with van der Waals surface area (Å²) >= 11 is 0. The van der Waals surface area contributed by atoms with E-state index in [0.29, 0.717) is 6.04 Å². The van der Waals surface area contributed by atoms with Gasteiger partial charge < -0.3 is 10.1 Å². The largest absolute Gasteiger partial charge is 0.497 e. The molecule has 1 atom stereocenters. The van der Waals surface area contributed by atoms with Crippen LogP contribution in [-0.4, -0.2) is 31.6 Å². The van der Waals surface area contributed by atoms with Gasteiger partial charge >= 0.3 is 0 Å². The molecule has 1 saturated heterocycles. The highest BCUT2D eigenvalue weighted by Gasteiger charge is 2.23. The van der Waals surface area contributed by atoms with E-state index >= 15 is 0 Å². The smallest absolute Gasteiger partial charge is 0.118 e. The van der Waals surface area contributed by atoms with Gasteiger partial charge in [0.2, 0.25) is 0 Å². The summed E-state index contributed by atoms with van der Waals surface area (Å²) in [5, 5.41) is 3.50. The standard InChI is InChI=1S/C18H22N2O/c1-21-17-9-7-16(8-10-17)18-13-19-11-12-20(18)14-15-5-3-2-4-6-15/h2-10,18-19H,11-14H2,1H3/t18-/m1/s1. The topological polar surface area (TPSA) is 24.5 Å². The van der Waals surface area contributed by atoms with E-state index in [-0.39, 0.29) is 0 Å². The molecule has 1 heterocycles. The Bertz CT molecular complexity index is 553. The van der Waals surface area contributed by atoms with E-state index in [1.54, 1.807) is 7.11 Å². The molecule has 0 saturated carbocycles. The second-order valence-corrected chi connectivity index (χ2v) is 5.45. The molecule has 1 aliphatic heterocycles. The fourth-order valence-electron chi connectivity index (χ4n) is 2.91. The first-order valence-corrected chi connectivity index (χ1v) is 7.49. The quantitative estimate of drug-likeness (QED) is 0.933. The Morgan fingerprint density at radius 1 is 1.10 bits per heavy atom. The second kappa shape index (κ2) is 6.74. The van der Waals surface area contributed by atoms with Gasteiger partial charge in [0.05, 0.1) is 7.11 Å². The average molecular weight is 282 g/mol. The highest BCUT2D eigenvalue weighted by molar-refractivity contribution is 5.30. The third kappa shape index (κ3) is 3.43. The first-order chi connectivity index (χ1) is 10.4. The highest BCUT2D eigenvalue weighted by Crippen LogP contribution is 2.25. The van der Waals surface area contributed by atoms with Crippen molar-refractivity contribution in [2.24, 2.45) is 0 Å². The zero-order chi connectivity index (χ0) is 14.5. The highest BCUT2D eigenvalue weighted by atomic mass is 16.5. The van der Waals surface area contributed by atoms with Crippen molar-refractivity contribution in [3.63, 3.8) is 0 Å². The number of piperazine rings is 1. The minimum Gasteiger partial charge on any atom is -0.497 e. The molecule has 1 aliphatic rings. The van der Waals surface area contributed by atoms with Gasteiger partial charge in [0.25, 0.3) is 0 Å². The van der Waals surface area contributed by atoms with Crippen LogP contribution in [0, 0.1) is 0 Å². The number of nitrogens with one attached hydrogen (secondary N) is 1. The molecule has 21 heavy (non-hydrogen) atoms. The van der Waals surface area contributed by atoms with Gasteiger partial charge in [-0.05, 0) is 23.3 Å². The van der Waals surface area contributed by atoms with E-state index < -0.39 is 0 Å². The lowest BCUT2D eigenvalue weighted by Crippen LogP contribution is -2.45. The Morgan fingerprint density at radius 2 is 1.86 bits per heavy atom. The van der Waals surface area contributed by atoms with Crippen LogP contribution in [-0.2, 0) is 6.54 Å². The van der Waals surface area contributed by atoms with Crippen molar-refractivity contribution < 1.29 is 4.74 Å². The molecule has 0 aliphatic carbocycles. The Kier molecular flexibility index (Phi) is 4.53. The molecule has 0 spiro atoms. The molecule has 0 radical (unpaired) electrons. The normalized spacial score (nSPS) is 19.4. The minimum absolute atomic E-state index is 0.421. The van der Waals surface area contributed by atoms with Crippen molar-refractivity contribution in [1.29, 1.82) is 0 Å². The molecular formula is C18H22N2O. The first kappa shape index (κ1) is 14.1. The molecule has 3 nitrogen and oxygen atoms in total. The molecule has 0 unspecified atom stereocenters. The van der Waals surface area contributed by atoms with E-state index in [1.165, 1.54) is 11.1 Å². The summed E-state index contributed by atoms with van der Waals surface area (Å²) in [7, 11) is 1.71. The fraction of sp³-hybridized carbons (Fsp3) is 0.333. The molecule has 1 N–H and O–H groups in total. The predicted octanol–water partition coefficient (Wildman–Crippen LogP) is 2.84. The van der Waals surface area contributed by atoms with Crippen molar-refractivity contribution >= 4 is 0 Å². The van der Waals surface area contributed by atoms with E-state index in [2.05, 4.69) is 52.7 Å². The Labute approximate surface area is 126 Å². The van der Waals surface area contributed by atoms with Crippen LogP contribution in [0.1, 0.15) is 17.2 Å². The summed E-state index contributed by atoms with van der Waals surface area (Å²) in [6.07, 6.45) is 0. The van der Waals surface area contributed by atoms with Gasteiger partial charge in [-0.25, -0.2) is 0 Å². The van der Waals surface area contributed by atoms with Crippen LogP contribution < -0.4 is 10.1 Å². The maximum absolute atomic E-state index is 5.25. The zero-order valence-corrected chi connectivity index (χ0v) is 12.5. The summed E-state index contributed by atoms with van der Waals surface area (Å²) < 4.78 is 5.25. The molecule has 3 heteroatoms. The van der Waals surface area contributed by atoms with Gasteiger partial charge in [-0.15, -0.1) is 0 Å². The van der Waals surface area contributed by atoms with E-state index in [4.69, 9.17) is 4.74 Å². The van der Waals surface area contributed by atoms with E-state index in [1.807, 2.05) is 12.1 Å². The monoisotopic (exact) mass is 282 g/mol. The zero-order valence-electron chi connectivity index (χ0n) is 12.5. The molecule has 1 fully saturated rings. The molecule has 0 amide bonds. The van der Waals surface area contributed by atoms with Crippen molar-refractivity contribution in [2.75, 3.05) is 26.7 Å². The summed E-state index contributed by atoms with van der Waals surface area (Å²) in [5.74, 6) is 0.914. The second-order valence-electron chi connectivity index (χ2n) is 5.45. The summed E-state index contributed by atoms with van der Waals surface area (Å²) in [6.45, 7) is 4.13. The molecular weight excluding hydrogens is 260 g/mol. The number of ether oxygens (including phenoxy) is 1. The minimum atomic E-state index is 0.421. The van der Waals surface area contributed by atoms with Crippen LogP contribution in [0.25, 0.3) is 0 Å². The maximum Gasteiger partial charge on any atom is 0.118 e. The van der Waals surface area contributed by atoms with Crippen molar-refractivity contribution in [3.8, 4) is 5.75 Å². The SMILES string of the molecule is COc1ccc([C@H]2CNCCN2Cc2ccccc2)cc1. The van der Waals surface area contributed by atoms with Crippen molar-refractivity contribution in [1.82, 2.24) is 10.2 Å². The van der Waals surface area contributed by atoms with Crippen LogP contribution in [0.2, 0.25) is 0 Å². The number of benzene rings is 2. The molecule has 0 aromatic heterocycles. The third-order valence-corrected chi connectivity index (χ3v) is 4.08. The van der Waals surface area contributed by atoms with Crippen molar-refractivity contribution in [2.45, 2.75) is 12.6 Å². The summed E-state index contributed by atoms with van der Waals surface area (Å²) in [4.78, 5) is 2.55. The van der Waals surface area contributed by atoms with Gasteiger partial charge in [-0.2, -0.15) is 0 Å². The lowest BCUT2D eigenvalue weighted by Gasteiger charge is -2.36. The average Bonchev–Trinajstić information content (AvgIpc) is 2.56. The summed E-state index contributed by atoms with van der Waals surface area (Å²) in [6, 6.07) is 19.6. The Balaban J connectivity index is 1.77. The number of hydrogen-bond acceptors (Lipinski definition) is 3. The third-order valence-electron chi connectivity index (χ3n) is 4.08. The number of nitrogens with zero attached hydrogens (tertiary/aromatic N) is 1. The maximum atomic E-state index is 5.25. The fourth-order valence-corrected chi connectivity index (χ4v) is 2.91. The van der Waals surface area contributed by atoms with Crippen LogP contribution in [0.4, 0.5) is 0 Å². The number of methoxy groups -OCH3 is 1. The summed E-state index contributed by atoms with van der Waals surface area (Å²) in [5.41, 5.74) is 2.72. The molecule has 3 rings (SSSR count). The van der Waals surface area contributed by atoms with E-state index in [0.717, 1.165) is 31.9 Å². The molecule has 2 aromatic rings. The van der Waals surface area contributed by atoms with Crippen molar-refractivity contribution in [3.05, 3.63) is 65.7 Å². The van der Waals surface area contributed by atoms with Gasteiger partial charge in [-0.1, -0.05) is 42.5 Å².